The van der Waals surface area contributed by atoms with Crippen LogP contribution in [0.15, 0.2) is 24.3 Å². The van der Waals surface area contributed by atoms with Crippen LogP contribution in [-0.2, 0) is 4.74 Å². The highest BCUT2D eigenvalue weighted by Gasteiger charge is 2.29. The second-order valence-electron chi connectivity index (χ2n) is 6.37. The van der Waals surface area contributed by atoms with E-state index in [1.165, 1.54) is 38.0 Å². The van der Waals surface area contributed by atoms with Crippen LogP contribution in [0.25, 0.3) is 0 Å². The minimum atomic E-state index is 0. The van der Waals surface area contributed by atoms with Crippen molar-refractivity contribution in [1.82, 2.24) is 10.2 Å². The van der Waals surface area contributed by atoms with Crippen molar-refractivity contribution in [2.75, 3.05) is 32.8 Å². The summed E-state index contributed by atoms with van der Waals surface area (Å²) in [6.45, 7) is 7.59. The predicted molar refractivity (Wildman–Crippen MR) is 94.0 cm³/mol. The zero-order valence-corrected chi connectivity index (χ0v) is 14.7. The van der Waals surface area contributed by atoms with Crippen LogP contribution < -0.4 is 5.32 Å². The summed E-state index contributed by atoms with van der Waals surface area (Å²) >= 11 is 6.11. The minimum absolute atomic E-state index is 0. The van der Waals surface area contributed by atoms with Crippen molar-refractivity contribution < 1.29 is 4.74 Å². The van der Waals surface area contributed by atoms with Crippen LogP contribution in [0, 0.1) is 5.92 Å². The standard InChI is InChI=1S/C17H25ClN2O.ClH/c1-13-12-21-17(15-3-2-4-16(18)9-15)11-20(13)10-14-5-7-19-8-6-14;/h2-4,9,13-14,17,19H,5-8,10-12H2,1H3;1H. The highest BCUT2D eigenvalue weighted by molar-refractivity contribution is 6.30. The van der Waals surface area contributed by atoms with E-state index in [1.807, 2.05) is 18.2 Å². The third-order valence-electron chi connectivity index (χ3n) is 4.73. The average Bonchev–Trinajstić information content (AvgIpc) is 2.50. The fourth-order valence-corrected chi connectivity index (χ4v) is 3.56. The molecule has 0 amide bonds. The van der Waals surface area contributed by atoms with Gasteiger partial charge in [-0.1, -0.05) is 23.7 Å². The molecule has 3 rings (SSSR count). The molecule has 1 aromatic rings. The summed E-state index contributed by atoms with van der Waals surface area (Å²) in [7, 11) is 0. The van der Waals surface area contributed by atoms with Gasteiger partial charge in [-0.05, 0) is 56.5 Å². The number of piperidine rings is 1. The van der Waals surface area contributed by atoms with Crippen molar-refractivity contribution >= 4 is 24.0 Å². The van der Waals surface area contributed by atoms with Crippen LogP contribution in [0.4, 0.5) is 0 Å². The lowest BCUT2D eigenvalue weighted by Gasteiger charge is -2.40. The van der Waals surface area contributed by atoms with Crippen molar-refractivity contribution in [3.05, 3.63) is 34.9 Å². The Morgan fingerprint density at radius 2 is 2.09 bits per heavy atom. The number of nitrogens with zero attached hydrogens (tertiary/aromatic N) is 1. The quantitative estimate of drug-likeness (QED) is 0.907. The molecule has 0 radical (unpaired) electrons. The van der Waals surface area contributed by atoms with Gasteiger partial charge >= 0.3 is 0 Å². The van der Waals surface area contributed by atoms with Crippen molar-refractivity contribution in [1.29, 1.82) is 0 Å². The molecule has 2 saturated heterocycles. The van der Waals surface area contributed by atoms with E-state index in [9.17, 15) is 0 Å². The highest BCUT2D eigenvalue weighted by atomic mass is 35.5. The molecule has 2 aliphatic rings. The van der Waals surface area contributed by atoms with Crippen molar-refractivity contribution in [3.63, 3.8) is 0 Å². The van der Waals surface area contributed by atoms with Gasteiger partial charge in [0.1, 0.15) is 0 Å². The molecular formula is C17H26Cl2N2O. The largest absolute Gasteiger partial charge is 0.371 e. The Labute approximate surface area is 144 Å². The average molecular weight is 345 g/mol. The molecule has 124 valence electrons. The summed E-state index contributed by atoms with van der Waals surface area (Å²) in [5, 5.41) is 4.24. The van der Waals surface area contributed by atoms with Gasteiger partial charge in [-0.3, -0.25) is 4.90 Å². The van der Waals surface area contributed by atoms with E-state index in [2.05, 4.69) is 23.2 Å². The molecule has 0 spiro atoms. The van der Waals surface area contributed by atoms with Gasteiger partial charge in [-0.15, -0.1) is 12.4 Å². The Morgan fingerprint density at radius 1 is 1.32 bits per heavy atom. The maximum absolute atomic E-state index is 6.11. The molecule has 2 aliphatic heterocycles. The first-order valence-electron chi connectivity index (χ1n) is 8.04. The Balaban J connectivity index is 0.00000176. The summed E-state index contributed by atoms with van der Waals surface area (Å²) in [6.07, 6.45) is 2.75. The van der Waals surface area contributed by atoms with Crippen LogP contribution in [0.5, 0.6) is 0 Å². The van der Waals surface area contributed by atoms with E-state index >= 15 is 0 Å². The SMILES string of the molecule is CC1COC(c2cccc(Cl)c2)CN1CC1CCNCC1.Cl. The van der Waals surface area contributed by atoms with Gasteiger partial charge in [0.15, 0.2) is 0 Å². The zero-order valence-electron chi connectivity index (χ0n) is 13.1. The van der Waals surface area contributed by atoms with E-state index in [4.69, 9.17) is 16.3 Å². The van der Waals surface area contributed by atoms with E-state index < -0.39 is 0 Å². The summed E-state index contributed by atoms with van der Waals surface area (Å²) in [4.78, 5) is 2.60. The van der Waals surface area contributed by atoms with Crippen LogP contribution >= 0.6 is 24.0 Å². The Kier molecular flexibility index (Phi) is 6.97. The van der Waals surface area contributed by atoms with E-state index in [-0.39, 0.29) is 18.5 Å². The Bertz CT molecular complexity index is 466. The third kappa shape index (κ3) is 4.59. The topological polar surface area (TPSA) is 24.5 Å². The summed E-state index contributed by atoms with van der Waals surface area (Å²) in [6, 6.07) is 8.59. The molecular weight excluding hydrogens is 319 g/mol. The number of benzene rings is 1. The maximum atomic E-state index is 6.11. The molecule has 3 nitrogen and oxygen atoms in total. The van der Waals surface area contributed by atoms with Gasteiger partial charge in [0.25, 0.3) is 0 Å². The molecule has 0 aliphatic carbocycles. The minimum Gasteiger partial charge on any atom is -0.371 e. The number of nitrogens with one attached hydrogen (secondary N) is 1. The van der Waals surface area contributed by atoms with Crippen molar-refractivity contribution in [3.8, 4) is 0 Å². The maximum Gasteiger partial charge on any atom is 0.0953 e. The van der Waals surface area contributed by atoms with Gasteiger partial charge in [-0.2, -0.15) is 0 Å². The predicted octanol–water partition coefficient (Wildman–Crippen LogP) is 3.52. The van der Waals surface area contributed by atoms with Crippen LogP contribution in [-0.4, -0.2) is 43.7 Å². The molecule has 2 unspecified atom stereocenters. The number of hydrogen-bond acceptors (Lipinski definition) is 3. The van der Waals surface area contributed by atoms with Gasteiger partial charge in [0, 0.05) is 24.2 Å². The zero-order chi connectivity index (χ0) is 14.7. The number of ether oxygens (including phenoxy) is 1. The van der Waals surface area contributed by atoms with Gasteiger partial charge < -0.3 is 10.1 Å². The molecule has 1 aromatic carbocycles. The van der Waals surface area contributed by atoms with Crippen LogP contribution in [0.1, 0.15) is 31.4 Å². The molecule has 2 fully saturated rings. The summed E-state index contributed by atoms with van der Waals surface area (Å²) in [5.74, 6) is 0.826. The fourth-order valence-electron chi connectivity index (χ4n) is 3.37. The molecule has 0 saturated carbocycles. The molecule has 5 heteroatoms. The first-order chi connectivity index (χ1) is 10.2. The third-order valence-corrected chi connectivity index (χ3v) is 4.97. The number of rotatable bonds is 3. The summed E-state index contributed by atoms with van der Waals surface area (Å²) in [5.41, 5.74) is 1.20. The molecule has 0 bridgehead atoms. The number of morpholine rings is 1. The molecule has 1 N–H and O–H groups in total. The van der Waals surface area contributed by atoms with Gasteiger partial charge in [-0.25, -0.2) is 0 Å². The number of hydrogen-bond donors (Lipinski definition) is 1. The lowest BCUT2D eigenvalue weighted by molar-refractivity contribution is -0.0656. The van der Waals surface area contributed by atoms with Crippen LogP contribution in [0.3, 0.4) is 0 Å². The van der Waals surface area contributed by atoms with E-state index in [0.717, 1.165) is 24.1 Å². The second-order valence-corrected chi connectivity index (χ2v) is 6.81. The van der Waals surface area contributed by atoms with Gasteiger partial charge in [0.05, 0.1) is 12.7 Å². The lowest BCUT2D eigenvalue weighted by atomic mass is 9.96. The smallest absolute Gasteiger partial charge is 0.0953 e. The Hall–Kier alpha value is -0.320. The first kappa shape index (κ1) is 18.0. The molecule has 0 aromatic heterocycles. The molecule has 2 heterocycles. The van der Waals surface area contributed by atoms with Crippen molar-refractivity contribution in [2.24, 2.45) is 5.92 Å². The second kappa shape index (κ2) is 8.51. The monoisotopic (exact) mass is 344 g/mol. The number of halogens is 2. The van der Waals surface area contributed by atoms with Gasteiger partial charge in [0.2, 0.25) is 0 Å². The molecule has 22 heavy (non-hydrogen) atoms. The molecule has 2 atom stereocenters. The highest BCUT2D eigenvalue weighted by Crippen LogP contribution is 2.28. The normalized spacial score (nSPS) is 27.4. The fraction of sp³-hybridized carbons (Fsp3) is 0.647. The van der Waals surface area contributed by atoms with Crippen LogP contribution in [0.2, 0.25) is 5.02 Å². The Morgan fingerprint density at radius 3 is 2.82 bits per heavy atom. The van der Waals surface area contributed by atoms with E-state index in [1.54, 1.807) is 0 Å². The summed E-state index contributed by atoms with van der Waals surface area (Å²) < 4.78 is 6.04. The first-order valence-corrected chi connectivity index (χ1v) is 8.42. The van der Waals surface area contributed by atoms with E-state index in [0.29, 0.717) is 6.04 Å². The lowest BCUT2D eigenvalue weighted by Crippen LogP contribution is -2.48. The van der Waals surface area contributed by atoms with Crippen molar-refractivity contribution in [2.45, 2.75) is 31.9 Å².